The van der Waals surface area contributed by atoms with Crippen LogP contribution in [0, 0.1) is 19.7 Å². The smallest absolute Gasteiger partial charge is 0.227 e. The maximum Gasteiger partial charge on any atom is 0.227 e. The third kappa shape index (κ3) is 4.30. The predicted octanol–water partition coefficient (Wildman–Crippen LogP) is 2.45. The standard InChI is InChI=1S/C20H27FN4O/c1-15-19(16(2)23(3)22-15)13-20(26)25-10-4-9-24(11-12-25)14-17-5-7-18(21)8-6-17/h5-8H,4,9-14H2,1-3H3. The molecule has 1 aromatic heterocycles. The van der Waals surface area contributed by atoms with E-state index >= 15 is 0 Å². The number of aryl methyl sites for hydroxylation is 2. The van der Waals surface area contributed by atoms with Crippen LogP contribution >= 0.6 is 0 Å². The van der Waals surface area contributed by atoms with E-state index in [1.54, 1.807) is 0 Å². The lowest BCUT2D eigenvalue weighted by molar-refractivity contribution is -0.130. The Bertz CT molecular complexity index is 769. The minimum atomic E-state index is -0.206. The van der Waals surface area contributed by atoms with Gasteiger partial charge in [0.15, 0.2) is 0 Å². The maximum atomic E-state index is 13.0. The van der Waals surface area contributed by atoms with Gasteiger partial charge in [-0.25, -0.2) is 4.39 Å². The quantitative estimate of drug-likeness (QED) is 0.843. The summed E-state index contributed by atoms with van der Waals surface area (Å²) in [5.41, 5.74) is 4.15. The zero-order valence-corrected chi connectivity index (χ0v) is 15.8. The van der Waals surface area contributed by atoms with Gasteiger partial charge in [0.2, 0.25) is 5.91 Å². The zero-order valence-electron chi connectivity index (χ0n) is 15.8. The molecule has 140 valence electrons. The van der Waals surface area contributed by atoms with Crippen LogP contribution in [0.3, 0.4) is 0 Å². The molecular weight excluding hydrogens is 331 g/mol. The van der Waals surface area contributed by atoms with Crippen molar-refractivity contribution in [2.24, 2.45) is 7.05 Å². The predicted molar refractivity (Wildman–Crippen MR) is 99.3 cm³/mol. The molecule has 0 aliphatic carbocycles. The van der Waals surface area contributed by atoms with Crippen molar-refractivity contribution < 1.29 is 9.18 Å². The summed E-state index contributed by atoms with van der Waals surface area (Å²) in [6, 6.07) is 6.66. The van der Waals surface area contributed by atoms with E-state index in [4.69, 9.17) is 0 Å². The zero-order chi connectivity index (χ0) is 18.7. The topological polar surface area (TPSA) is 41.4 Å². The van der Waals surface area contributed by atoms with Crippen LogP contribution in [-0.4, -0.2) is 51.7 Å². The van der Waals surface area contributed by atoms with Crippen LogP contribution < -0.4 is 0 Å². The summed E-state index contributed by atoms with van der Waals surface area (Å²) in [6.45, 7) is 8.08. The molecule has 5 nitrogen and oxygen atoms in total. The molecule has 0 radical (unpaired) electrons. The highest BCUT2D eigenvalue weighted by atomic mass is 19.1. The van der Waals surface area contributed by atoms with E-state index in [0.29, 0.717) is 6.42 Å². The van der Waals surface area contributed by atoms with Gasteiger partial charge in [-0.15, -0.1) is 0 Å². The first-order valence-corrected chi connectivity index (χ1v) is 9.17. The van der Waals surface area contributed by atoms with Gasteiger partial charge in [0, 0.05) is 51.0 Å². The first-order chi connectivity index (χ1) is 12.4. The summed E-state index contributed by atoms with van der Waals surface area (Å²) in [5.74, 6) is -0.0322. The summed E-state index contributed by atoms with van der Waals surface area (Å²) in [6.07, 6.45) is 1.38. The Morgan fingerprint density at radius 1 is 1.12 bits per heavy atom. The summed E-state index contributed by atoms with van der Waals surface area (Å²) < 4.78 is 14.9. The Morgan fingerprint density at radius 3 is 2.50 bits per heavy atom. The molecule has 2 heterocycles. The number of nitrogens with zero attached hydrogens (tertiary/aromatic N) is 4. The minimum absolute atomic E-state index is 0.174. The summed E-state index contributed by atoms with van der Waals surface area (Å²) >= 11 is 0. The summed E-state index contributed by atoms with van der Waals surface area (Å²) in [5, 5.41) is 4.40. The van der Waals surface area contributed by atoms with Gasteiger partial charge >= 0.3 is 0 Å². The van der Waals surface area contributed by atoms with Crippen LogP contribution in [0.2, 0.25) is 0 Å². The SMILES string of the molecule is Cc1nn(C)c(C)c1CC(=O)N1CCCN(Cc2ccc(F)cc2)CC1. The highest BCUT2D eigenvalue weighted by Crippen LogP contribution is 2.15. The molecule has 1 aliphatic rings. The van der Waals surface area contributed by atoms with Crippen molar-refractivity contribution in [2.75, 3.05) is 26.2 Å². The number of carbonyl (C=O) groups excluding carboxylic acids is 1. The van der Waals surface area contributed by atoms with Crippen molar-refractivity contribution in [3.63, 3.8) is 0 Å². The van der Waals surface area contributed by atoms with Gasteiger partial charge in [0.25, 0.3) is 0 Å². The van der Waals surface area contributed by atoms with Crippen molar-refractivity contribution in [2.45, 2.75) is 33.2 Å². The van der Waals surface area contributed by atoms with Gasteiger partial charge in [0.05, 0.1) is 12.1 Å². The molecular formula is C20H27FN4O. The fourth-order valence-electron chi connectivity index (χ4n) is 3.56. The van der Waals surface area contributed by atoms with E-state index in [1.165, 1.54) is 12.1 Å². The molecule has 0 atom stereocenters. The molecule has 1 aliphatic heterocycles. The number of amides is 1. The average molecular weight is 358 g/mol. The molecule has 0 bridgehead atoms. The lowest BCUT2D eigenvalue weighted by atomic mass is 10.1. The first kappa shape index (κ1) is 18.6. The number of benzene rings is 1. The largest absolute Gasteiger partial charge is 0.341 e. The van der Waals surface area contributed by atoms with E-state index in [1.807, 2.05) is 42.6 Å². The third-order valence-corrected chi connectivity index (χ3v) is 5.25. The highest BCUT2D eigenvalue weighted by molar-refractivity contribution is 5.79. The molecule has 6 heteroatoms. The monoisotopic (exact) mass is 358 g/mol. The van der Waals surface area contributed by atoms with E-state index < -0.39 is 0 Å². The minimum Gasteiger partial charge on any atom is -0.341 e. The highest BCUT2D eigenvalue weighted by Gasteiger charge is 2.21. The van der Waals surface area contributed by atoms with Gasteiger partial charge in [-0.1, -0.05) is 12.1 Å². The Hall–Kier alpha value is -2.21. The average Bonchev–Trinajstić information content (AvgIpc) is 2.80. The number of rotatable bonds is 4. The lowest BCUT2D eigenvalue weighted by Gasteiger charge is -2.22. The molecule has 1 aromatic carbocycles. The Balaban J connectivity index is 1.57. The van der Waals surface area contributed by atoms with Crippen molar-refractivity contribution in [1.82, 2.24) is 19.6 Å². The molecule has 1 amide bonds. The second kappa shape index (κ2) is 7.99. The van der Waals surface area contributed by atoms with Crippen LogP contribution in [0.5, 0.6) is 0 Å². The second-order valence-corrected chi connectivity index (χ2v) is 7.09. The van der Waals surface area contributed by atoms with Crippen LogP contribution in [-0.2, 0) is 24.8 Å². The molecule has 1 saturated heterocycles. The van der Waals surface area contributed by atoms with E-state index in [0.717, 1.165) is 61.7 Å². The van der Waals surface area contributed by atoms with Crippen molar-refractivity contribution >= 4 is 5.91 Å². The fourth-order valence-corrected chi connectivity index (χ4v) is 3.56. The van der Waals surface area contributed by atoms with Gasteiger partial charge in [0.1, 0.15) is 5.82 Å². The van der Waals surface area contributed by atoms with Gasteiger partial charge in [-0.05, 0) is 38.0 Å². The van der Waals surface area contributed by atoms with E-state index in [2.05, 4.69) is 10.00 Å². The third-order valence-electron chi connectivity index (χ3n) is 5.25. The van der Waals surface area contributed by atoms with Gasteiger partial charge in [-0.3, -0.25) is 14.4 Å². The second-order valence-electron chi connectivity index (χ2n) is 7.09. The van der Waals surface area contributed by atoms with E-state index in [9.17, 15) is 9.18 Å². The van der Waals surface area contributed by atoms with Crippen LogP contribution in [0.15, 0.2) is 24.3 Å². The summed E-state index contributed by atoms with van der Waals surface area (Å²) in [4.78, 5) is 17.1. The normalized spacial score (nSPS) is 15.9. The fraction of sp³-hybridized carbons (Fsp3) is 0.500. The number of hydrogen-bond donors (Lipinski definition) is 0. The van der Waals surface area contributed by atoms with Crippen LogP contribution in [0.1, 0.15) is 28.9 Å². The molecule has 0 N–H and O–H groups in total. The first-order valence-electron chi connectivity index (χ1n) is 9.17. The number of carbonyl (C=O) groups is 1. The molecule has 26 heavy (non-hydrogen) atoms. The van der Waals surface area contributed by atoms with Crippen molar-refractivity contribution in [3.8, 4) is 0 Å². The Morgan fingerprint density at radius 2 is 1.85 bits per heavy atom. The molecule has 0 spiro atoms. The lowest BCUT2D eigenvalue weighted by Crippen LogP contribution is -2.36. The van der Waals surface area contributed by atoms with Crippen LogP contribution in [0.4, 0.5) is 4.39 Å². The van der Waals surface area contributed by atoms with Gasteiger partial charge in [-0.2, -0.15) is 5.10 Å². The Labute approximate surface area is 154 Å². The number of aromatic nitrogens is 2. The number of halogens is 1. The van der Waals surface area contributed by atoms with Crippen molar-refractivity contribution in [1.29, 1.82) is 0 Å². The van der Waals surface area contributed by atoms with Crippen LogP contribution in [0.25, 0.3) is 0 Å². The van der Waals surface area contributed by atoms with Crippen molar-refractivity contribution in [3.05, 3.63) is 52.6 Å². The molecule has 0 unspecified atom stereocenters. The molecule has 3 rings (SSSR count). The molecule has 2 aromatic rings. The molecule has 1 fully saturated rings. The van der Waals surface area contributed by atoms with E-state index in [-0.39, 0.29) is 11.7 Å². The maximum absolute atomic E-state index is 13.0. The number of hydrogen-bond acceptors (Lipinski definition) is 3. The Kier molecular flexibility index (Phi) is 5.71. The summed E-state index contributed by atoms with van der Waals surface area (Å²) in [7, 11) is 1.91. The molecule has 0 saturated carbocycles. The van der Waals surface area contributed by atoms with Gasteiger partial charge < -0.3 is 4.90 Å².